The minimum absolute atomic E-state index is 1.12. The molecule has 0 aliphatic rings. The van der Waals surface area contributed by atoms with Gasteiger partial charge in [0.2, 0.25) is 0 Å². The van der Waals surface area contributed by atoms with Crippen LogP contribution in [0.3, 0.4) is 0 Å². The molecular formula is C25H34. The van der Waals surface area contributed by atoms with Crippen LogP contribution in [0.1, 0.15) is 74.6 Å². The van der Waals surface area contributed by atoms with Gasteiger partial charge in [-0.2, -0.15) is 0 Å². The van der Waals surface area contributed by atoms with Crippen LogP contribution in [0.25, 0.3) is 6.08 Å². The Balaban J connectivity index is 1.81. The summed E-state index contributed by atoms with van der Waals surface area (Å²) in [6.45, 7) is 4.50. The van der Waals surface area contributed by atoms with E-state index in [1.165, 1.54) is 67.2 Å². The van der Waals surface area contributed by atoms with Gasteiger partial charge >= 0.3 is 0 Å². The number of unbranched alkanes of at least 4 members (excludes halogenated alkanes) is 4. The Bertz CT molecular complexity index is 619. The van der Waals surface area contributed by atoms with E-state index in [4.69, 9.17) is 0 Å². The molecule has 0 fully saturated rings. The largest absolute Gasteiger partial charge is 0.0839 e. The first-order chi connectivity index (χ1) is 12.3. The van der Waals surface area contributed by atoms with Gasteiger partial charge in [-0.25, -0.2) is 0 Å². The molecule has 0 unspecified atom stereocenters. The number of benzene rings is 2. The topological polar surface area (TPSA) is 0 Å². The Hall–Kier alpha value is -1.82. The zero-order valence-electron chi connectivity index (χ0n) is 16.1. The van der Waals surface area contributed by atoms with Crippen molar-refractivity contribution in [3.63, 3.8) is 0 Å². The predicted octanol–water partition coefficient (Wildman–Crippen LogP) is 7.41. The van der Waals surface area contributed by atoms with Crippen molar-refractivity contribution in [1.29, 1.82) is 0 Å². The van der Waals surface area contributed by atoms with E-state index in [0.717, 1.165) is 12.8 Å². The van der Waals surface area contributed by atoms with E-state index >= 15 is 0 Å². The van der Waals surface area contributed by atoms with Gasteiger partial charge in [0.15, 0.2) is 0 Å². The second kappa shape index (κ2) is 11.7. The van der Waals surface area contributed by atoms with Crippen molar-refractivity contribution < 1.29 is 0 Å². The quantitative estimate of drug-likeness (QED) is 0.375. The second-order valence-electron chi connectivity index (χ2n) is 7.06. The highest BCUT2D eigenvalue weighted by Crippen LogP contribution is 2.13. The molecule has 0 heterocycles. The summed E-state index contributed by atoms with van der Waals surface area (Å²) in [5.41, 5.74) is 5.67. The standard InChI is InChI=1S/C25H34/c1-3-5-6-7-8-9-12-24-13-10-14-25(21-24)20-19-23-17-15-22(11-4-2)16-18-23/h9-10,12-18,21H,3-8,11,19-20H2,1-2H3/b12-9+. The Morgan fingerprint density at radius 1 is 0.680 bits per heavy atom. The molecule has 0 aliphatic heterocycles. The van der Waals surface area contributed by atoms with Crippen LogP contribution < -0.4 is 0 Å². The molecule has 0 saturated carbocycles. The molecule has 2 aromatic carbocycles. The van der Waals surface area contributed by atoms with Crippen LogP contribution in [0.5, 0.6) is 0 Å². The molecule has 0 N–H and O–H groups in total. The van der Waals surface area contributed by atoms with Crippen molar-refractivity contribution in [1.82, 2.24) is 0 Å². The minimum Gasteiger partial charge on any atom is -0.0839 e. The first-order valence-corrected chi connectivity index (χ1v) is 10.1. The molecule has 134 valence electrons. The molecule has 0 heteroatoms. The van der Waals surface area contributed by atoms with Crippen molar-refractivity contribution in [3.8, 4) is 0 Å². The molecule has 0 saturated heterocycles. The highest BCUT2D eigenvalue weighted by molar-refractivity contribution is 5.50. The highest BCUT2D eigenvalue weighted by atomic mass is 14.0. The fourth-order valence-corrected chi connectivity index (χ4v) is 3.21. The van der Waals surface area contributed by atoms with Gasteiger partial charge in [0, 0.05) is 0 Å². The van der Waals surface area contributed by atoms with E-state index < -0.39 is 0 Å². The molecule has 0 aromatic heterocycles. The lowest BCUT2D eigenvalue weighted by atomic mass is 10.0. The SMILES string of the molecule is CCCCCC/C=C/c1cccc(CCc2ccc(CCC)cc2)c1. The van der Waals surface area contributed by atoms with Gasteiger partial charge in [-0.3, -0.25) is 0 Å². The third-order valence-electron chi connectivity index (χ3n) is 4.75. The summed E-state index contributed by atoms with van der Waals surface area (Å²) < 4.78 is 0. The Labute approximate surface area is 155 Å². The lowest BCUT2D eigenvalue weighted by Gasteiger charge is -2.05. The molecule has 0 amide bonds. The second-order valence-corrected chi connectivity index (χ2v) is 7.06. The van der Waals surface area contributed by atoms with Crippen LogP contribution in [-0.2, 0) is 19.3 Å². The van der Waals surface area contributed by atoms with Gasteiger partial charge in [0.05, 0.1) is 0 Å². The zero-order chi connectivity index (χ0) is 17.7. The summed E-state index contributed by atoms with van der Waals surface area (Å²) in [5, 5.41) is 0. The molecule has 25 heavy (non-hydrogen) atoms. The Morgan fingerprint density at radius 2 is 1.40 bits per heavy atom. The van der Waals surface area contributed by atoms with Crippen LogP contribution in [0.2, 0.25) is 0 Å². The van der Waals surface area contributed by atoms with Crippen LogP contribution >= 0.6 is 0 Å². The number of aryl methyl sites for hydroxylation is 3. The van der Waals surface area contributed by atoms with E-state index in [1.54, 1.807) is 0 Å². The smallest absolute Gasteiger partial charge is 0.0238 e. The molecule has 0 spiro atoms. The predicted molar refractivity (Wildman–Crippen MR) is 112 cm³/mol. The first kappa shape index (κ1) is 19.5. The van der Waals surface area contributed by atoms with E-state index in [0.29, 0.717) is 0 Å². The van der Waals surface area contributed by atoms with Crippen molar-refractivity contribution in [2.45, 2.75) is 71.6 Å². The third kappa shape index (κ3) is 7.73. The van der Waals surface area contributed by atoms with E-state index in [2.05, 4.69) is 74.5 Å². The lowest BCUT2D eigenvalue weighted by Crippen LogP contribution is -1.92. The summed E-state index contributed by atoms with van der Waals surface area (Å²) in [6, 6.07) is 18.2. The van der Waals surface area contributed by atoms with Gasteiger partial charge in [0.25, 0.3) is 0 Å². The average molecular weight is 335 g/mol. The minimum atomic E-state index is 1.12. The Kier molecular flexibility index (Phi) is 9.12. The fourth-order valence-electron chi connectivity index (χ4n) is 3.21. The van der Waals surface area contributed by atoms with Crippen molar-refractivity contribution >= 4 is 6.08 Å². The molecular weight excluding hydrogens is 300 g/mol. The van der Waals surface area contributed by atoms with E-state index in [9.17, 15) is 0 Å². The van der Waals surface area contributed by atoms with Gasteiger partial charge in [-0.1, -0.05) is 100 Å². The number of allylic oxidation sites excluding steroid dienone is 1. The number of rotatable bonds is 11. The summed E-state index contributed by atoms with van der Waals surface area (Å²) in [4.78, 5) is 0. The molecule has 0 radical (unpaired) electrons. The maximum absolute atomic E-state index is 2.34. The normalized spacial score (nSPS) is 11.3. The number of hydrogen-bond donors (Lipinski definition) is 0. The molecule has 0 atom stereocenters. The van der Waals surface area contributed by atoms with Crippen LogP contribution in [-0.4, -0.2) is 0 Å². The average Bonchev–Trinajstić information content (AvgIpc) is 2.65. The fraction of sp³-hybridized carbons (Fsp3) is 0.440. The molecule has 2 rings (SSSR count). The summed E-state index contributed by atoms with van der Waals surface area (Å²) in [5.74, 6) is 0. The van der Waals surface area contributed by atoms with Crippen LogP contribution in [0.4, 0.5) is 0 Å². The molecule has 0 nitrogen and oxygen atoms in total. The highest BCUT2D eigenvalue weighted by Gasteiger charge is 1.98. The molecule has 2 aromatic rings. The lowest BCUT2D eigenvalue weighted by molar-refractivity contribution is 0.675. The third-order valence-corrected chi connectivity index (χ3v) is 4.75. The van der Waals surface area contributed by atoms with Crippen molar-refractivity contribution in [2.24, 2.45) is 0 Å². The van der Waals surface area contributed by atoms with E-state index in [1.807, 2.05) is 0 Å². The van der Waals surface area contributed by atoms with Crippen LogP contribution in [0, 0.1) is 0 Å². The molecule has 0 aliphatic carbocycles. The van der Waals surface area contributed by atoms with Gasteiger partial charge in [-0.05, 0) is 54.4 Å². The van der Waals surface area contributed by atoms with Crippen LogP contribution in [0.15, 0.2) is 54.6 Å². The van der Waals surface area contributed by atoms with Crippen molar-refractivity contribution in [3.05, 3.63) is 76.9 Å². The zero-order valence-corrected chi connectivity index (χ0v) is 16.1. The van der Waals surface area contributed by atoms with Gasteiger partial charge in [-0.15, -0.1) is 0 Å². The van der Waals surface area contributed by atoms with E-state index in [-0.39, 0.29) is 0 Å². The first-order valence-electron chi connectivity index (χ1n) is 10.1. The molecule has 0 bridgehead atoms. The summed E-state index contributed by atoms with van der Waals surface area (Å²) in [7, 11) is 0. The Morgan fingerprint density at radius 3 is 2.12 bits per heavy atom. The summed E-state index contributed by atoms with van der Waals surface area (Å²) >= 11 is 0. The summed E-state index contributed by atoms with van der Waals surface area (Å²) in [6.07, 6.45) is 15.8. The monoisotopic (exact) mass is 334 g/mol. The van der Waals surface area contributed by atoms with Gasteiger partial charge in [0.1, 0.15) is 0 Å². The number of hydrogen-bond acceptors (Lipinski definition) is 0. The maximum atomic E-state index is 2.34. The van der Waals surface area contributed by atoms with Crippen molar-refractivity contribution in [2.75, 3.05) is 0 Å². The van der Waals surface area contributed by atoms with Gasteiger partial charge < -0.3 is 0 Å². The maximum Gasteiger partial charge on any atom is -0.0238 e.